The maximum absolute atomic E-state index is 12.8. The van der Waals surface area contributed by atoms with Gasteiger partial charge >= 0.3 is 0 Å². The topological polar surface area (TPSA) is 49.9 Å². The maximum atomic E-state index is 12.8. The van der Waals surface area contributed by atoms with Crippen LogP contribution in [0.4, 0.5) is 0 Å². The average Bonchev–Trinajstić information content (AvgIpc) is 3.13. The van der Waals surface area contributed by atoms with Crippen LogP contribution < -0.4 is 0 Å². The summed E-state index contributed by atoms with van der Waals surface area (Å²) >= 11 is 0. The van der Waals surface area contributed by atoms with E-state index in [1.807, 2.05) is 55.5 Å². The summed E-state index contributed by atoms with van der Waals surface area (Å²) in [5.74, 6) is -0.709. The molecule has 2 fully saturated rings. The summed E-state index contributed by atoms with van der Waals surface area (Å²) in [7, 11) is 0. The Morgan fingerprint density at radius 1 is 0.926 bits per heavy atom. The predicted octanol–water partition coefficient (Wildman–Crippen LogP) is 2.67. The lowest BCUT2D eigenvalue weighted by Gasteiger charge is -2.25. The van der Waals surface area contributed by atoms with Crippen LogP contribution in [0.15, 0.2) is 60.7 Å². The molecule has 0 radical (unpaired) electrons. The van der Waals surface area contributed by atoms with E-state index in [2.05, 4.69) is 17.0 Å². The lowest BCUT2D eigenvalue weighted by molar-refractivity contribution is -0.147. The number of carbonyl (C=O) groups is 2. The van der Waals surface area contributed by atoms with Crippen LogP contribution in [0.1, 0.15) is 18.1 Å². The highest BCUT2D eigenvalue weighted by atomic mass is 16.5. The summed E-state index contributed by atoms with van der Waals surface area (Å²) in [4.78, 5) is 29.2. The fourth-order valence-corrected chi connectivity index (χ4v) is 4.18. The van der Waals surface area contributed by atoms with Crippen molar-refractivity contribution < 1.29 is 14.3 Å². The van der Waals surface area contributed by atoms with Crippen LogP contribution >= 0.6 is 0 Å². The smallest absolute Gasteiger partial charge is 0.236 e. The van der Waals surface area contributed by atoms with E-state index in [0.29, 0.717) is 13.2 Å². The van der Waals surface area contributed by atoms with E-state index < -0.39 is 0 Å². The number of fused-ring (bicyclic) bond motifs is 1. The largest absolute Gasteiger partial charge is 0.356 e. The van der Waals surface area contributed by atoms with Crippen LogP contribution in [-0.2, 0) is 27.5 Å². The molecule has 3 atom stereocenters. The quantitative estimate of drug-likeness (QED) is 0.740. The van der Waals surface area contributed by atoms with Crippen molar-refractivity contribution in [3.8, 4) is 0 Å². The van der Waals surface area contributed by atoms with Gasteiger partial charge in [0.2, 0.25) is 11.8 Å². The molecule has 0 bridgehead atoms. The first-order valence-electron chi connectivity index (χ1n) is 9.40. The average molecular weight is 364 g/mol. The van der Waals surface area contributed by atoms with Crippen LogP contribution in [-0.4, -0.2) is 40.9 Å². The molecule has 0 aliphatic carbocycles. The molecule has 2 aromatic carbocycles. The lowest BCUT2D eigenvalue weighted by Crippen LogP contribution is -2.40. The molecule has 5 heteroatoms. The number of carbonyl (C=O) groups excluding carboxylic acids is 2. The zero-order chi connectivity index (χ0) is 18.8. The van der Waals surface area contributed by atoms with Gasteiger partial charge in [0, 0.05) is 19.1 Å². The lowest BCUT2D eigenvalue weighted by atomic mass is 9.94. The minimum atomic E-state index is -0.262. The van der Waals surface area contributed by atoms with E-state index in [1.165, 1.54) is 10.5 Å². The first-order valence-corrected chi connectivity index (χ1v) is 9.40. The van der Waals surface area contributed by atoms with E-state index in [-0.39, 0.29) is 36.4 Å². The molecule has 2 aromatic rings. The molecule has 27 heavy (non-hydrogen) atoms. The van der Waals surface area contributed by atoms with Gasteiger partial charge in [-0.2, -0.15) is 0 Å². The molecule has 5 nitrogen and oxygen atoms in total. The number of hydrogen-bond donors (Lipinski definition) is 0. The third kappa shape index (κ3) is 3.53. The highest BCUT2D eigenvalue weighted by Gasteiger charge is 2.55. The summed E-state index contributed by atoms with van der Waals surface area (Å²) in [6.45, 7) is 3.86. The second kappa shape index (κ2) is 7.62. The van der Waals surface area contributed by atoms with Crippen molar-refractivity contribution in [2.75, 3.05) is 13.3 Å². The number of likely N-dealkylation sites (tertiary alicyclic amines) is 2. The zero-order valence-electron chi connectivity index (χ0n) is 15.5. The molecule has 2 aliphatic rings. The summed E-state index contributed by atoms with van der Waals surface area (Å²) in [6, 6.07) is 20.0. The number of benzene rings is 2. The van der Waals surface area contributed by atoms with Crippen LogP contribution in [0.25, 0.3) is 0 Å². The molecular weight excluding hydrogens is 340 g/mol. The second-order valence-corrected chi connectivity index (χ2v) is 7.36. The Balaban J connectivity index is 1.37. The molecule has 2 amide bonds. The standard InChI is InChI=1S/C22H24N2O3/c1-16-20-19(13-23(16)12-17-8-4-2-5-9-17)21(25)24(22(20)26)15-27-14-18-10-6-3-7-11-18/h2-11,16,19-20H,12-15H2,1H3. The van der Waals surface area contributed by atoms with Crippen molar-refractivity contribution in [3.05, 3.63) is 71.8 Å². The molecule has 140 valence electrons. The van der Waals surface area contributed by atoms with Crippen LogP contribution in [0.3, 0.4) is 0 Å². The third-order valence-corrected chi connectivity index (χ3v) is 5.66. The van der Waals surface area contributed by atoms with Gasteiger partial charge < -0.3 is 4.74 Å². The van der Waals surface area contributed by atoms with E-state index in [4.69, 9.17) is 4.74 Å². The molecule has 0 saturated carbocycles. The van der Waals surface area contributed by atoms with E-state index in [9.17, 15) is 9.59 Å². The highest BCUT2D eigenvalue weighted by Crippen LogP contribution is 2.38. The van der Waals surface area contributed by atoms with Crippen molar-refractivity contribution in [2.45, 2.75) is 26.1 Å². The number of ether oxygens (including phenoxy) is 1. The molecule has 0 N–H and O–H groups in total. The Labute approximate surface area is 159 Å². The summed E-state index contributed by atoms with van der Waals surface area (Å²) in [6.07, 6.45) is 0. The molecule has 2 heterocycles. The van der Waals surface area contributed by atoms with E-state index in [1.54, 1.807) is 0 Å². The van der Waals surface area contributed by atoms with Gasteiger partial charge in [-0.05, 0) is 18.1 Å². The molecule has 2 aliphatic heterocycles. The number of amides is 2. The Morgan fingerprint density at radius 3 is 2.19 bits per heavy atom. The molecule has 3 unspecified atom stereocenters. The van der Waals surface area contributed by atoms with Gasteiger partial charge in [-0.1, -0.05) is 60.7 Å². The third-order valence-electron chi connectivity index (χ3n) is 5.66. The predicted molar refractivity (Wildman–Crippen MR) is 101 cm³/mol. The van der Waals surface area contributed by atoms with Crippen molar-refractivity contribution in [2.24, 2.45) is 11.8 Å². The first kappa shape index (κ1) is 17.9. The van der Waals surface area contributed by atoms with Gasteiger partial charge in [0.05, 0.1) is 18.4 Å². The fraction of sp³-hybridized carbons (Fsp3) is 0.364. The van der Waals surface area contributed by atoms with Gasteiger partial charge in [-0.15, -0.1) is 0 Å². The highest BCUT2D eigenvalue weighted by molar-refractivity contribution is 6.05. The van der Waals surface area contributed by atoms with Gasteiger partial charge in [0.25, 0.3) is 0 Å². The number of hydrogen-bond acceptors (Lipinski definition) is 4. The van der Waals surface area contributed by atoms with Crippen molar-refractivity contribution in [3.63, 3.8) is 0 Å². The van der Waals surface area contributed by atoms with E-state index in [0.717, 1.165) is 12.1 Å². The van der Waals surface area contributed by atoms with Crippen molar-refractivity contribution in [1.82, 2.24) is 9.80 Å². The fourth-order valence-electron chi connectivity index (χ4n) is 4.18. The Kier molecular flexibility index (Phi) is 5.05. The van der Waals surface area contributed by atoms with Crippen molar-refractivity contribution >= 4 is 11.8 Å². The maximum Gasteiger partial charge on any atom is 0.236 e. The minimum Gasteiger partial charge on any atom is -0.356 e. The molecular formula is C22H24N2O3. The number of imide groups is 1. The second-order valence-electron chi connectivity index (χ2n) is 7.36. The summed E-state index contributed by atoms with van der Waals surface area (Å²) in [5, 5.41) is 0. The first-order chi connectivity index (χ1) is 13.1. The molecule has 0 aromatic heterocycles. The van der Waals surface area contributed by atoms with Crippen molar-refractivity contribution in [1.29, 1.82) is 0 Å². The van der Waals surface area contributed by atoms with Gasteiger partial charge in [0.1, 0.15) is 6.73 Å². The number of nitrogens with zero attached hydrogens (tertiary/aromatic N) is 2. The Hall–Kier alpha value is -2.50. The summed E-state index contributed by atoms with van der Waals surface area (Å²) < 4.78 is 5.64. The SMILES string of the molecule is CC1C2C(=O)N(COCc3ccccc3)C(=O)C2CN1Cc1ccccc1. The Morgan fingerprint density at radius 2 is 1.56 bits per heavy atom. The van der Waals surface area contributed by atoms with E-state index >= 15 is 0 Å². The monoisotopic (exact) mass is 364 g/mol. The molecule has 0 spiro atoms. The minimum absolute atomic E-state index is 0.0327. The van der Waals surface area contributed by atoms with Crippen LogP contribution in [0.5, 0.6) is 0 Å². The Bertz CT molecular complexity index is 809. The number of rotatable bonds is 6. The van der Waals surface area contributed by atoms with Gasteiger partial charge in [-0.3, -0.25) is 19.4 Å². The molecule has 4 rings (SSSR count). The van der Waals surface area contributed by atoms with Crippen LogP contribution in [0.2, 0.25) is 0 Å². The van der Waals surface area contributed by atoms with Crippen LogP contribution in [0, 0.1) is 11.8 Å². The van der Waals surface area contributed by atoms with Gasteiger partial charge in [0.15, 0.2) is 0 Å². The summed E-state index contributed by atoms with van der Waals surface area (Å²) in [5.41, 5.74) is 2.23. The van der Waals surface area contributed by atoms with Gasteiger partial charge in [-0.25, -0.2) is 0 Å². The molecule has 2 saturated heterocycles. The zero-order valence-corrected chi connectivity index (χ0v) is 15.5. The normalized spacial score (nSPS) is 25.2.